The fourth-order valence-electron chi connectivity index (χ4n) is 6.25. The van der Waals surface area contributed by atoms with Crippen molar-refractivity contribution in [3.8, 4) is 0 Å². The zero-order chi connectivity index (χ0) is 20.7. The van der Waals surface area contributed by atoms with E-state index >= 15 is 0 Å². The van der Waals surface area contributed by atoms with Crippen LogP contribution < -0.4 is 10.6 Å². The number of rotatable bonds is 6. The van der Waals surface area contributed by atoms with E-state index in [2.05, 4.69) is 27.0 Å². The summed E-state index contributed by atoms with van der Waals surface area (Å²) in [6.07, 6.45) is 7.20. The highest BCUT2D eigenvalue weighted by Gasteiger charge is 2.42. The molecule has 162 valence electrons. The Morgan fingerprint density at radius 1 is 1.23 bits per heavy atom. The molecule has 0 saturated carbocycles. The summed E-state index contributed by atoms with van der Waals surface area (Å²) in [6.45, 7) is 5.24. The van der Waals surface area contributed by atoms with Gasteiger partial charge >= 0.3 is 0 Å². The van der Waals surface area contributed by atoms with Crippen molar-refractivity contribution in [2.24, 2.45) is 0 Å². The van der Waals surface area contributed by atoms with Crippen molar-refractivity contribution in [2.45, 2.75) is 76.2 Å². The molecule has 0 spiro atoms. The number of piperidine rings is 1. The number of nitrogens with zero attached hydrogens (tertiary/aromatic N) is 3. The van der Waals surface area contributed by atoms with Crippen molar-refractivity contribution in [1.82, 2.24) is 25.1 Å². The maximum atomic E-state index is 13.7. The van der Waals surface area contributed by atoms with Crippen LogP contribution >= 0.6 is 0 Å². The van der Waals surface area contributed by atoms with Crippen LogP contribution in [0.3, 0.4) is 0 Å². The number of hydrogen-bond donors (Lipinski definition) is 2. The molecule has 6 heteroatoms. The van der Waals surface area contributed by atoms with E-state index in [9.17, 15) is 4.39 Å². The molecule has 1 unspecified atom stereocenters. The lowest BCUT2D eigenvalue weighted by atomic mass is 9.95. The molecule has 1 aromatic heterocycles. The molecule has 3 aliphatic rings. The fourth-order valence-corrected chi connectivity index (χ4v) is 6.25. The monoisotopic (exact) mass is 411 g/mol. The third-order valence-electron chi connectivity index (χ3n) is 7.60. The van der Waals surface area contributed by atoms with E-state index < -0.39 is 0 Å². The summed E-state index contributed by atoms with van der Waals surface area (Å²) in [5.74, 6) is 1.05. The van der Waals surface area contributed by atoms with E-state index in [1.165, 1.54) is 49.0 Å². The van der Waals surface area contributed by atoms with Gasteiger partial charge in [-0.1, -0.05) is 12.1 Å². The van der Waals surface area contributed by atoms with Gasteiger partial charge in [-0.2, -0.15) is 0 Å². The van der Waals surface area contributed by atoms with Crippen LogP contribution in [0.5, 0.6) is 0 Å². The Kier molecular flexibility index (Phi) is 5.65. The van der Waals surface area contributed by atoms with Gasteiger partial charge in [0.1, 0.15) is 11.6 Å². The third kappa shape index (κ3) is 3.70. The minimum Gasteiger partial charge on any atom is -0.329 e. The van der Waals surface area contributed by atoms with E-state index in [4.69, 9.17) is 4.98 Å². The summed E-state index contributed by atoms with van der Waals surface area (Å²) in [4.78, 5) is 7.63. The second kappa shape index (κ2) is 8.40. The molecule has 0 aliphatic carbocycles. The molecular weight excluding hydrogens is 377 g/mol. The summed E-state index contributed by atoms with van der Waals surface area (Å²) in [7, 11) is 1.98. The Balaban J connectivity index is 1.27. The number of benzene rings is 1. The number of nitrogens with one attached hydrogen (secondary N) is 2. The Hall–Kier alpha value is -1.76. The van der Waals surface area contributed by atoms with Crippen molar-refractivity contribution < 1.29 is 4.39 Å². The second-order valence-corrected chi connectivity index (χ2v) is 9.28. The zero-order valence-electron chi connectivity index (χ0n) is 18.2. The van der Waals surface area contributed by atoms with Gasteiger partial charge in [0.05, 0.1) is 5.69 Å². The molecule has 2 saturated heterocycles. The lowest BCUT2D eigenvalue weighted by molar-refractivity contribution is 0.100. The van der Waals surface area contributed by atoms with Crippen molar-refractivity contribution in [3.05, 3.63) is 52.9 Å². The number of aryl methyl sites for hydroxylation is 1. The number of halogens is 1. The smallest absolute Gasteiger partial charge is 0.123 e. The Labute approximate surface area is 179 Å². The molecular formula is C24H34FN5. The van der Waals surface area contributed by atoms with Crippen LogP contribution in [-0.2, 0) is 13.0 Å². The minimum absolute atomic E-state index is 0.150. The predicted molar refractivity (Wildman–Crippen MR) is 117 cm³/mol. The normalized spacial score (nSPS) is 27.2. The van der Waals surface area contributed by atoms with E-state index in [0.29, 0.717) is 18.1 Å². The highest BCUT2D eigenvalue weighted by atomic mass is 19.1. The predicted octanol–water partition coefficient (Wildman–Crippen LogP) is 3.50. The average Bonchev–Trinajstić information content (AvgIpc) is 3.19. The van der Waals surface area contributed by atoms with Gasteiger partial charge in [-0.25, -0.2) is 9.37 Å². The topological polar surface area (TPSA) is 45.1 Å². The SMILES string of the molecule is CN[C@@H](CCN1[C@@H]2CC[C@H]1CC(n1c(C)nc3c1CCNC3)C2)c1cccc(F)c1. The molecule has 2 aromatic rings. The maximum Gasteiger partial charge on any atom is 0.123 e. The van der Waals surface area contributed by atoms with E-state index in [1.807, 2.05) is 19.2 Å². The van der Waals surface area contributed by atoms with Gasteiger partial charge < -0.3 is 15.2 Å². The van der Waals surface area contributed by atoms with Crippen LogP contribution in [0.2, 0.25) is 0 Å². The molecule has 5 rings (SSSR count). The molecule has 2 bridgehead atoms. The van der Waals surface area contributed by atoms with Gasteiger partial charge in [0.2, 0.25) is 0 Å². The van der Waals surface area contributed by atoms with E-state index in [-0.39, 0.29) is 11.9 Å². The maximum absolute atomic E-state index is 13.7. The molecule has 5 nitrogen and oxygen atoms in total. The van der Waals surface area contributed by atoms with Gasteiger partial charge in [-0.3, -0.25) is 4.90 Å². The van der Waals surface area contributed by atoms with Crippen molar-refractivity contribution in [3.63, 3.8) is 0 Å². The van der Waals surface area contributed by atoms with Gasteiger partial charge in [0, 0.05) is 55.9 Å². The van der Waals surface area contributed by atoms with Gasteiger partial charge in [-0.05, 0) is 63.8 Å². The summed E-state index contributed by atoms with van der Waals surface area (Å²) >= 11 is 0. The van der Waals surface area contributed by atoms with Crippen LogP contribution in [0.25, 0.3) is 0 Å². The summed E-state index contributed by atoms with van der Waals surface area (Å²) in [5, 5.41) is 6.85. The van der Waals surface area contributed by atoms with E-state index in [0.717, 1.165) is 38.0 Å². The highest BCUT2D eigenvalue weighted by molar-refractivity contribution is 5.22. The molecule has 4 atom stereocenters. The number of fused-ring (bicyclic) bond motifs is 3. The molecule has 0 amide bonds. The molecule has 3 aliphatic heterocycles. The first-order valence-corrected chi connectivity index (χ1v) is 11.6. The third-order valence-corrected chi connectivity index (χ3v) is 7.60. The molecule has 4 heterocycles. The molecule has 30 heavy (non-hydrogen) atoms. The number of hydrogen-bond acceptors (Lipinski definition) is 4. The Morgan fingerprint density at radius 3 is 2.77 bits per heavy atom. The first kappa shape index (κ1) is 20.2. The highest BCUT2D eigenvalue weighted by Crippen LogP contribution is 2.42. The Morgan fingerprint density at radius 2 is 2.03 bits per heavy atom. The van der Waals surface area contributed by atoms with Crippen molar-refractivity contribution in [1.29, 1.82) is 0 Å². The molecule has 0 radical (unpaired) electrons. The number of aromatic nitrogens is 2. The Bertz CT molecular complexity index is 880. The standard InChI is InChI=1S/C24H34FN5/c1-16-28-23-15-27-10-8-24(23)30(16)21-13-19-6-7-20(14-21)29(19)11-9-22(26-2)17-4-3-5-18(25)12-17/h3-5,12,19-22,26-27H,6-11,13-15H2,1-2H3/t19-,20+,21?,22-/m0/s1. The summed E-state index contributed by atoms with van der Waals surface area (Å²) < 4.78 is 16.3. The van der Waals surface area contributed by atoms with Gasteiger partial charge in [0.15, 0.2) is 0 Å². The summed E-state index contributed by atoms with van der Waals surface area (Å²) in [5.41, 5.74) is 3.79. The van der Waals surface area contributed by atoms with Crippen LogP contribution in [0.15, 0.2) is 24.3 Å². The van der Waals surface area contributed by atoms with Crippen molar-refractivity contribution in [2.75, 3.05) is 20.1 Å². The minimum atomic E-state index is -0.150. The molecule has 1 aromatic carbocycles. The van der Waals surface area contributed by atoms with Crippen molar-refractivity contribution >= 4 is 0 Å². The second-order valence-electron chi connectivity index (χ2n) is 9.28. The first-order chi connectivity index (χ1) is 14.6. The van der Waals surface area contributed by atoms with Gasteiger partial charge in [-0.15, -0.1) is 0 Å². The average molecular weight is 412 g/mol. The van der Waals surface area contributed by atoms with Crippen LogP contribution in [0.1, 0.15) is 67.0 Å². The lowest BCUT2D eigenvalue weighted by Gasteiger charge is -2.41. The van der Waals surface area contributed by atoms with E-state index in [1.54, 1.807) is 6.07 Å². The largest absolute Gasteiger partial charge is 0.329 e. The lowest BCUT2D eigenvalue weighted by Crippen LogP contribution is -2.45. The number of imidazole rings is 1. The summed E-state index contributed by atoms with van der Waals surface area (Å²) in [6, 6.07) is 9.16. The van der Waals surface area contributed by atoms with Crippen LogP contribution in [0.4, 0.5) is 4.39 Å². The quantitative estimate of drug-likeness (QED) is 0.764. The fraction of sp³-hybridized carbons (Fsp3) is 0.625. The molecule has 2 fully saturated rings. The van der Waals surface area contributed by atoms with Gasteiger partial charge in [0.25, 0.3) is 0 Å². The van der Waals surface area contributed by atoms with Crippen LogP contribution in [0, 0.1) is 12.7 Å². The van der Waals surface area contributed by atoms with Crippen LogP contribution in [-0.4, -0.2) is 46.7 Å². The zero-order valence-corrected chi connectivity index (χ0v) is 18.2. The molecule has 2 N–H and O–H groups in total. The first-order valence-electron chi connectivity index (χ1n) is 11.6.